The van der Waals surface area contributed by atoms with Crippen LogP contribution in [0, 0.1) is 6.92 Å². The number of benzene rings is 1. The van der Waals surface area contributed by atoms with Crippen molar-refractivity contribution in [2.75, 3.05) is 53.5 Å². The fourth-order valence-electron chi connectivity index (χ4n) is 3.04. The van der Waals surface area contributed by atoms with E-state index in [1.807, 2.05) is 25.1 Å². The van der Waals surface area contributed by atoms with E-state index < -0.39 is 0 Å². The Kier molecular flexibility index (Phi) is 10.7. The second kappa shape index (κ2) is 12.2. The first kappa shape index (κ1) is 25.5. The maximum atomic E-state index is 12.6. The molecule has 0 radical (unpaired) electrons. The largest absolute Gasteiger partial charge is 0.493 e. The highest BCUT2D eigenvalue weighted by Crippen LogP contribution is 2.34. The number of hydrogen-bond donors (Lipinski definition) is 2. The van der Waals surface area contributed by atoms with E-state index in [0.717, 1.165) is 49.0 Å². The maximum absolute atomic E-state index is 12.6. The molecule has 1 saturated heterocycles. The van der Waals surface area contributed by atoms with Crippen LogP contribution in [0.2, 0.25) is 0 Å². The number of aryl methyl sites for hydroxylation is 1. The van der Waals surface area contributed by atoms with Gasteiger partial charge in [0.1, 0.15) is 9.88 Å². The predicted octanol–water partition coefficient (Wildman–Crippen LogP) is 2.61. The Bertz CT molecular complexity index is 798. The molecule has 1 amide bonds. The predicted molar refractivity (Wildman–Crippen MR) is 122 cm³/mol. The van der Waals surface area contributed by atoms with E-state index in [-0.39, 0.29) is 30.7 Å². The third-order valence-corrected chi connectivity index (χ3v) is 5.76. The molecule has 0 atom stereocenters. The van der Waals surface area contributed by atoms with Crippen molar-refractivity contribution < 1.29 is 14.3 Å². The van der Waals surface area contributed by atoms with Gasteiger partial charge in [0.2, 0.25) is 0 Å². The van der Waals surface area contributed by atoms with Crippen molar-refractivity contribution in [2.45, 2.75) is 6.92 Å². The summed E-state index contributed by atoms with van der Waals surface area (Å²) in [6.07, 6.45) is 0. The van der Waals surface area contributed by atoms with Gasteiger partial charge in [0.15, 0.2) is 11.5 Å². The van der Waals surface area contributed by atoms with Gasteiger partial charge in [0, 0.05) is 44.8 Å². The molecule has 2 N–H and O–H groups in total. The molecule has 0 spiro atoms. The summed E-state index contributed by atoms with van der Waals surface area (Å²) in [7, 11) is 3.21. The topological polar surface area (TPSA) is 75.7 Å². The monoisotopic (exact) mass is 462 g/mol. The number of carbonyl (C=O) groups is 1. The minimum absolute atomic E-state index is 0. The lowest BCUT2D eigenvalue weighted by atomic mass is 10.2. The minimum Gasteiger partial charge on any atom is -0.493 e. The van der Waals surface area contributed by atoms with Gasteiger partial charge in [-0.25, -0.2) is 4.98 Å². The van der Waals surface area contributed by atoms with Crippen LogP contribution >= 0.6 is 36.2 Å². The number of hydrogen-bond acceptors (Lipinski definition) is 7. The highest BCUT2D eigenvalue weighted by Gasteiger charge is 2.18. The number of carbonyl (C=O) groups excluding carboxylic acids is 1. The number of piperazine rings is 1. The van der Waals surface area contributed by atoms with E-state index in [2.05, 4.69) is 20.5 Å². The van der Waals surface area contributed by atoms with Gasteiger partial charge < -0.3 is 20.1 Å². The van der Waals surface area contributed by atoms with Crippen molar-refractivity contribution in [3.05, 3.63) is 28.8 Å². The summed E-state index contributed by atoms with van der Waals surface area (Å²) in [5, 5.41) is 7.14. The Balaban J connectivity index is 0.00000210. The zero-order valence-corrected chi connectivity index (χ0v) is 19.3. The number of rotatable bonds is 7. The first-order valence-corrected chi connectivity index (χ1v) is 9.85. The number of ether oxygens (including phenoxy) is 2. The van der Waals surface area contributed by atoms with Crippen LogP contribution in [0.4, 0.5) is 0 Å². The molecule has 2 aromatic rings. The summed E-state index contributed by atoms with van der Waals surface area (Å²) in [6.45, 7) is 7.45. The van der Waals surface area contributed by atoms with Gasteiger partial charge in [-0.3, -0.25) is 9.69 Å². The molecule has 7 nitrogen and oxygen atoms in total. The van der Waals surface area contributed by atoms with Crippen LogP contribution in [0.5, 0.6) is 11.5 Å². The quantitative estimate of drug-likeness (QED) is 0.658. The zero-order chi connectivity index (χ0) is 19.2. The van der Waals surface area contributed by atoms with E-state index in [1.54, 1.807) is 14.2 Å². The number of thiazole rings is 1. The number of nitrogens with one attached hydrogen (secondary N) is 2. The second-order valence-electron chi connectivity index (χ2n) is 6.35. The lowest BCUT2D eigenvalue weighted by Crippen LogP contribution is -2.46. The van der Waals surface area contributed by atoms with Gasteiger partial charge >= 0.3 is 0 Å². The average molecular weight is 463 g/mol. The lowest BCUT2D eigenvalue weighted by molar-refractivity contribution is 0.0950. The van der Waals surface area contributed by atoms with E-state index in [4.69, 9.17) is 9.47 Å². The molecule has 1 aromatic carbocycles. The van der Waals surface area contributed by atoms with Crippen molar-refractivity contribution in [1.29, 1.82) is 0 Å². The Labute approximate surface area is 188 Å². The SMILES string of the molecule is COc1ccc(-c2nc(C)c(C(=O)NCCN3CCNCC3)s2)cc1OC.Cl.Cl. The molecule has 3 rings (SSSR count). The number of halogens is 2. The Morgan fingerprint density at radius 2 is 1.90 bits per heavy atom. The second-order valence-corrected chi connectivity index (χ2v) is 7.35. The zero-order valence-electron chi connectivity index (χ0n) is 16.8. The molecule has 0 aliphatic carbocycles. The highest BCUT2D eigenvalue weighted by molar-refractivity contribution is 7.17. The van der Waals surface area contributed by atoms with Crippen LogP contribution in [-0.2, 0) is 0 Å². The Hall–Kier alpha value is -1.58. The fraction of sp³-hybridized carbons (Fsp3) is 0.474. The molecule has 2 heterocycles. The van der Waals surface area contributed by atoms with Crippen molar-refractivity contribution in [2.24, 2.45) is 0 Å². The van der Waals surface area contributed by atoms with Crippen LogP contribution in [0.25, 0.3) is 10.6 Å². The Morgan fingerprint density at radius 1 is 1.21 bits per heavy atom. The molecule has 1 aliphatic heterocycles. The van der Waals surface area contributed by atoms with Crippen molar-refractivity contribution >= 4 is 42.1 Å². The van der Waals surface area contributed by atoms with Crippen LogP contribution < -0.4 is 20.1 Å². The van der Waals surface area contributed by atoms with Crippen molar-refractivity contribution in [3.63, 3.8) is 0 Å². The van der Waals surface area contributed by atoms with Gasteiger partial charge in [-0.15, -0.1) is 36.2 Å². The number of methoxy groups -OCH3 is 2. The number of nitrogens with zero attached hydrogens (tertiary/aromatic N) is 2. The highest BCUT2D eigenvalue weighted by atomic mass is 35.5. The molecule has 1 aliphatic rings. The molecule has 29 heavy (non-hydrogen) atoms. The normalized spacial score (nSPS) is 13.8. The van der Waals surface area contributed by atoms with E-state index in [1.165, 1.54) is 11.3 Å². The third kappa shape index (κ3) is 6.45. The number of aromatic nitrogens is 1. The molecular formula is C19H28Cl2N4O3S. The molecular weight excluding hydrogens is 435 g/mol. The van der Waals surface area contributed by atoms with Crippen LogP contribution in [-0.4, -0.2) is 69.3 Å². The first-order valence-electron chi connectivity index (χ1n) is 9.03. The van der Waals surface area contributed by atoms with Crippen LogP contribution in [0.1, 0.15) is 15.4 Å². The van der Waals surface area contributed by atoms with Gasteiger partial charge in [0.25, 0.3) is 5.91 Å². The molecule has 10 heteroatoms. The molecule has 0 bridgehead atoms. The summed E-state index contributed by atoms with van der Waals surface area (Å²) in [4.78, 5) is 20.1. The van der Waals surface area contributed by atoms with E-state index >= 15 is 0 Å². The fourth-order valence-corrected chi connectivity index (χ4v) is 4.02. The van der Waals surface area contributed by atoms with Crippen LogP contribution in [0.15, 0.2) is 18.2 Å². The standard InChI is InChI=1S/C19H26N4O3S.2ClH/c1-13-17(18(24)21-8-11-23-9-6-20-7-10-23)27-19(22-13)14-4-5-15(25-2)16(12-14)26-3;;/h4-5,12,20H,6-11H2,1-3H3,(H,21,24);2*1H. The molecule has 162 valence electrons. The Morgan fingerprint density at radius 3 is 2.55 bits per heavy atom. The summed E-state index contributed by atoms with van der Waals surface area (Å²) in [5.74, 6) is 1.25. The first-order chi connectivity index (χ1) is 13.1. The number of amides is 1. The lowest BCUT2D eigenvalue weighted by Gasteiger charge is -2.27. The third-order valence-electron chi connectivity index (χ3n) is 4.56. The molecule has 0 unspecified atom stereocenters. The molecule has 0 saturated carbocycles. The van der Waals surface area contributed by atoms with E-state index in [9.17, 15) is 4.79 Å². The summed E-state index contributed by atoms with van der Waals surface area (Å²) in [6, 6.07) is 5.65. The summed E-state index contributed by atoms with van der Waals surface area (Å²) < 4.78 is 10.6. The van der Waals surface area contributed by atoms with Gasteiger partial charge in [0.05, 0.1) is 19.9 Å². The average Bonchev–Trinajstić information content (AvgIpc) is 3.10. The minimum atomic E-state index is -0.0631. The summed E-state index contributed by atoms with van der Waals surface area (Å²) >= 11 is 1.40. The van der Waals surface area contributed by atoms with Gasteiger partial charge in [-0.1, -0.05) is 0 Å². The van der Waals surface area contributed by atoms with Gasteiger partial charge in [-0.05, 0) is 25.1 Å². The van der Waals surface area contributed by atoms with Crippen molar-refractivity contribution in [1.82, 2.24) is 20.5 Å². The summed E-state index contributed by atoms with van der Waals surface area (Å²) in [5.41, 5.74) is 1.64. The molecule has 1 aromatic heterocycles. The van der Waals surface area contributed by atoms with Gasteiger partial charge in [-0.2, -0.15) is 0 Å². The smallest absolute Gasteiger partial charge is 0.263 e. The van der Waals surface area contributed by atoms with E-state index in [0.29, 0.717) is 22.9 Å². The van der Waals surface area contributed by atoms with Crippen molar-refractivity contribution in [3.8, 4) is 22.1 Å². The van der Waals surface area contributed by atoms with Crippen LogP contribution in [0.3, 0.4) is 0 Å². The maximum Gasteiger partial charge on any atom is 0.263 e. The molecule has 1 fully saturated rings.